The van der Waals surface area contributed by atoms with Gasteiger partial charge in [0, 0.05) is 56.6 Å². The van der Waals surface area contributed by atoms with Crippen LogP contribution in [0.3, 0.4) is 0 Å². The van der Waals surface area contributed by atoms with E-state index in [9.17, 15) is 0 Å². The molecule has 0 saturated carbocycles. The number of guanidine groups is 1. The number of hydrogen-bond donors (Lipinski definition) is 2. The number of nitrogens with one attached hydrogen (secondary N) is 2. The SMILES string of the molecule is CN=C(NCc1cccc(OC)c1)NC1CCN(c2cc(OC)cc(OC)c2)C1.I. The van der Waals surface area contributed by atoms with Gasteiger partial charge in [-0.05, 0) is 24.1 Å². The van der Waals surface area contributed by atoms with E-state index in [4.69, 9.17) is 14.2 Å². The fraction of sp³-hybridized carbons (Fsp3) is 0.409. The molecule has 0 radical (unpaired) electrons. The van der Waals surface area contributed by atoms with Crippen LogP contribution in [-0.2, 0) is 6.54 Å². The molecule has 0 spiro atoms. The molecule has 0 aliphatic carbocycles. The van der Waals surface area contributed by atoms with E-state index < -0.39 is 0 Å². The highest BCUT2D eigenvalue weighted by Gasteiger charge is 2.24. The molecule has 2 aromatic rings. The van der Waals surface area contributed by atoms with Gasteiger partial charge in [-0.15, -0.1) is 24.0 Å². The summed E-state index contributed by atoms with van der Waals surface area (Å²) in [5, 5.41) is 6.90. The van der Waals surface area contributed by atoms with E-state index in [2.05, 4.69) is 26.6 Å². The Bertz CT molecular complexity index is 825. The molecule has 1 atom stereocenters. The highest BCUT2D eigenvalue weighted by atomic mass is 127. The Hall–Kier alpha value is -2.36. The highest BCUT2D eigenvalue weighted by Crippen LogP contribution is 2.30. The van der Waals surface area contributed by atoms with Crippen molar-refractivity contribution < 1.29 is 14.2 Å². The van der Waals surface area contributed by atoms with Crippen molar-refractivity contribution in [3.8, 4) is 17.2 Å². The molecule has 30 heavy (non-hydrogen) atoms. The number of methoxy groups -OCH3 is 3. The number of benzene rings is 2. The summed E-state index contributed by atoms with van der Waals surface area (Å²) in [5.41, 5.74) is 2.24. The standard InChI is InChI=1S/C22H30N4O3.HI/c1-23-22(24-14-16-6-5-7-19(10-16)27-2)25-17-8-9-26(15-17)18-11-20(28-3)13-21(12-18)29-4;/h5-7,10-13,17H,8-9,14-15H2,1-4H3,(H2,23,24,25);1H. The van der Waals surface area contributed by atoms with Crippen molar-refractivity contribution in [3.63, 3.8) is 0 Å². The fourth-order valence-corrected chi connectivity index (χ4v) is 3.44. The summed E-state index contributed by atoms with van der Waals surface area (Å²) < 4.78 is 16.1. The normalized spacial score (nSPS) is 15.9. The molecule has 7 nitrogen and oxygen atoms in total. The maximum Gasteiger partial charge on any atom is 0.191 e. The van der Waals surface area contributed by atoms with Crippen LogP contribution in [0.1, 0.15) is 12.0 Å². The Morgan fingerprint density at radius 3 is 2.37 bits per heavy atom. The summed E-state index contributed by atoms with van der Waals surface area (Å²) in [5.74, 6) is 3.24. The molecule has 164 valence electrons. The lowest BCUT2D eigenvalue weighted by Crippen LogP contribution is -2.44. The topological polar surface area (TPSA) is 67.4 Å². The van der Waals surface area contributed by atoms with Crippen molar-refractivity contribution in [1.29, 1.82) is 0 Å². The second-order valence-corrected chi connectivity index (χ2v) is 6.92. The first-order valence-electron chi connectivity index (χ1n) is 9.73. The smallest absolute Gasteiger partial charge is 0.191 e. The van der Waals surface area contributed by atoms with Crippen molar-refractivity contribution in [2.45, 2.75) is 19.0 Å². The van der Waals surface area contributed by atoms with Crippen molar-refractivity contribution >= 4 is 35.6 Å². The summed E-state index contributed by atoms with van der Waals surface area (Å²) in [6.45, 7) is 2.53. The maximum atomic E-state index is 5.40. The largest absolute Gasteiger partial charge is 0.497 e. The van der Waals surface area contributed by atoms with Crippen LogP contribution in [0.4, 0.5) is 5.69 Å². The number of aliphatic imine (C=N–C) groups is 1. The van der Waals surface area contributed by atoms with Crippen molar-refractivity contribution in [3.05, 3.63) is 48.0 Å². The van der Waals surface area contributed by atoms with Crippen LogP contribution in [0.15, 0.2) is 47.5 Å². The zero-order valence-corrected chi connectivity index (χ0v) is 20.3. The monoisotopic (exact) mass is 526 g/mol. The predicted molar refractivity (Wildman–Crippen MR) is 132 cm³/mol. The number of rotatable bonds is 7. The second-order valence-electron chi connectivity index (χ2n) is 6.92. The number of nitrogens with zero attached hydrogens (tertiary/aromatic N) is 2. The molecular weight excluding hydrogens is 495 g/mol. The van der Waals surface area contributed by atoms with E-state index in [1.165, 1.54) is 0 Å². The minimum absolute atomic E-state index is 0. The number of hydrogen-bond acceptors (Lipinski definition) is 5. The van der Waals surface area contributed by atoms with E-state index in [0.29, 0.717) is 12.6 Å². The summed E-state index contributed by atoms with van der Waals surface area (Å²) in [6, 6.07) is 14.3. The van der Waals surface area contributed by atoms with Gasteiger partial charge in [0.05, 0.1) is 21.3 Å². The van der Waals surface area contributed by atoms with Gasteiger partial charge in [-0.2, -0.15) is 0 Å². The van der Waals surface area contributed by atoms with E-state index in [1.54, 1.807) is 28.4 Å². The summed E-state index contributed by atoms with van der Waals surface area (Å²) in [4.78, 5) is 6.70. The third-order valence-electron chi connectivity index (χ3n) is 5.05. The molecule has 1 fully saturated rings. The molecule has 1 aliphatic heterocycles. The van der Waals surface area contributed by atoms with Crippen molar-refractivity contribution in [1.82, 2.24) is 10.6 Å². The van der Waals surface area contributed by atoms with E-state index in [0.717, 1.165) is 54.0 Å². The Morgan fingerprint density at radius 1 is 1.03 bits per heavy atom. The Kier molecular flexibility index (Phi) is 9.35. The molecule has 2 N–H and O–H groups in total. The third-order valence-corrected chi connectivity index (χ3v) is 5.05. The van der Waals surface area contributed by atoms with Crippen molar-refractivity contribution in [2.24, 2.45) is 4.99 Å². The minimum Gasteiger partial charge on any atom is -0.497 e. The van der Waals surface area contributed by atoms with Gasteiger partial charge in [0.25, 0.3) is 0 Å². The highest BCUT2D eigenvalue weighted by molar-refractivity contribution is 14.0. The molecule has 1 unspecified atom stereocenters. The Labute approximate surface area is 195 Å². The van der Waals surface area contributed by atoms with Crippen LogP contribution >= 0.6 is 24.0 Å². The van der Waals surface area contributed by atoms with Gasteiger partial charge in [0.15, 0.2) is 5.96 Å². The molecule has 0 aromatic heterocycles. The van der Waals surface area contributed by atoms with Crippen LogP contribution < -0.4 is 29.7 Å². The van der Waals surface area contributed by atoms with Crippen LogP contribution in [0.25, 0.3) is 0 Å². The molecule has 0 amide bonds. The average Bonchev–Trinajstić information content (AvgIpc) is 3.24. The van der Waals surface area contributed by atoms with Gasteiger partial charge in [0.1, 0.15) is 17.2 Å². The molecular formula is C22H31IN4O3. The van der Waals surface area contributed by atoms with Crippen molar-refractivity contribution in [2.75, 3.05) is 46.4 Å². The quantitative estimate of drug-likeness (QED) is 0.328. The van der Waals surface area contributed by atoms with E-state index in [1.807, 2.05) is 36.4 Å². The fourth-order valence-electron chi connectivity index (χ4n) is 3.44. The maximum absolute atomic E-state index is 5.40. The Morgan fingerprint density at radius 2 is 1.73 bits per heavy atom. The first-order chi connectivity index (χ1) is 14.1. The predicted octanol–water partition coefficient (Wildman–Crippen LogP) is 3.27. The molecule has 0 bridgehead atoms. The molecule has 1 saturated heterocycles. The van der Waals surface area contributed by atoms with Crippen LogP contribution in [-0.4, -0.2) is 53.5 Å². The molecule has 3 rings (SSSR count). The second kappa shape index (κ2) is 11.7. The molecule has 8 heteroatoms. The lowest BCUT2D eigenvalue weighted by atomic mass is 10.2. The van der Waals surface area contributed by atoms with Gasteiger partial charge in [-0.1, -0.05) is 12.1 Å². The van der Waals surface area contributed by atoms with Gasteiger partial charge < -0.3 is 29.7 Å². The number of anilines is 1. The molecule has 2 aromatic carbocycles. The van der Waals surface area contributed by atoms with Crippen LogP contribution in [0, 0.1) is 0 Å². The number of ether oxygens (including phenoxy) is 3. The Balaban J connectivity index is 0.00000320. The summed E-state index contributed by atoms with van der Waals surface area (Å²) >= 11 is 0. The molecule has 1 aliphatic rings. The first kappa shape index (κ1) is 23.9. The van der Waals surface area contributed by atoms with Gasteiger partial charge >= 0.3 is 0 Å². The summed E-state index contributed by atoms with van der Waals surface area (Å²) in [7, 11) is 6.81. The lowest BCUT2D eigenvalue weighted by Gasteiger charge is -2.21. The third kappa shape index (κ3) is 6.32. The molecule has 1 heterocycles. The zero-order valence-electron chi connectivity index (χ0n) is 18.0. The average molecular weight is 526 g/mol. The number of halogens is 1. The van der Waals surface area contributed by atoms with E-state index >= 15 is 0 Å². The zero-order chi connectivity index (χ0) is 20.6. The lowest BCUT2D eigenvalue weighted by molar-refractivity contribution is 0.394. The first-order valence-corrected chi connectivity index (χ1v) is 9.73. The van der Waals surface area contributed by atoms with Gasteiger partial charge in [0.2, 0.25) is 0 Å². The van der Waals surface area contributed by atoms with Gasteiger partial charge in [-0.25, -0.2) is 0 Å². The summed E-state index contributed by atoms with van der Waals surface area (Å²) in [6.07, 6.45) is 1.03. The van der Waals surface area contributed by atoms with E-state index in [-0.39, 0.29) is 24.0 Å². The minimum atomic E-state index is 0. The van der Waals surface area contributed by atoms with Crippen LogP contribution in [0.2, 0.25) is 0 Å². The van der Waals surface area contributed by atoms with Crippen LogP contribution in [0.5, 0.6) is 17.2 Å². The van der Waals surface area contributed by atoms with Gasteiger partial charge in [-0.3, -0.25) is 4.99 Å².